The second-order valence-corrected chi connectivity index (χ2v) is 2.57. The highest BCUT2D eigenvalue weighted by Crippen LogP contribution is 1.96. The Bertz CT molecular complexity index is 298. The standard InChI is InChI=1S/C8H10BNO3.C2H6/c1-10-8(11)6-2-4-7(5-3-6)9(12)13;1-2/h2-5,12-13H,1H3,(H,10,11);1-2H3. The summed E-state index contributed by atoms with van der Waals surface area (Å²) in [5.41, 5.74) is 0.861. The van der Waals surface area contributed by atoms with Gasteiger partial charge in [-0.15, -0.1) is 0 Å². The second kappa shape index (κ2) is 7.03. The van der Waals surface area contributed by atoms with E-state index in [0.717, 1.165) is 0 Å². The lowest BCUT2D eigenvalue weighted by atomic mass is 9.80. The van der Waals surface area contributed by atoms with Crippen LogP contribution in [-0.2, 0) is 0 Å². The van der Waals surface area contributed by atoms with Crippen LogP contribution in [0.25, 0.3) is 0 Å². The van der Waals surface area contributed by atoms with Crippen molar-refractivity contribution in [2.24, 2.45) is 0 Å². The molecular weight excluding hydrogens is 193 g/mol. The Morgan fingerprint density at radius 2 is 1.67 bits per heavy atom. The lowest BCUT2D eigenvalue weighted by molar-refractivity contribution is 0.0963. The van der Waals surface area contributed by atoms with Crippen molar-refractivity contribution in [1.29, 1.82) is 0 Å². The number of amides is 1. The van der Waals surface area contributed by atoms with E-state index in [1.807, 2.05) is 13.8 Å². The fraction of sp³-hybridized carbons (Fsp3) is 0.300. The summed E-state index contributed by atoms with van der Waals surface area (Å²) in [4.78, 5) is 11.1. The molecule has 0 fully saturated rings. The minimum Gasteiger partial charge on any atom is -0.423 e. The normalized spacial score (nSPS) is 8.60. The highest BCUT2D eigenvalue weighted by molar-refractivity contribution is 6.58. The predicted octanol–water partition coefficient (Wildman–Crippen LogP) is -0.248. The van der Waals surface area contributed by atoms with Crippen molar-refractivity contribution < 1.29 is 14.8 Å². The summed E-state index contributed by atoms with van der Waals surface area (Å²) < 4.78 is 0. The van der Waals surface area contributed by atoms with Gasteiger partial charge in [-0.25, -0.2) is 0 Å². The largest absolute Gasteiger partial charge is 0.488 e. The van der Waals surface area contributed by atoms with Crippen molar-refractivity contribution in [3.63, 3.8) is 0 Å². The van der Waals surface area contributed by atoms with Crippen LogP contribution in [0.5, 0.6) is 0 Å². The number of carbonyl (C=O) groups is 1. The Hall–Kier alpha value is -1.33. The van der Waals surface area contributed by atoms with Gasteiger partial charge in [-0.1, -0.05) is 26.0 Å². The highest BCUT2D eigenvalue weighted by Gasteiger charge is 2.10. The molecule has 0 saturated heterocycles. The summed E-state index contributed by atoms with van der Waals surface area (Å²) in [6.07, 6.45) is 0. The average Bonchev–Trinajstić information content (AvgIpc) is 2.31. The molecule has 1 aromatic carbocycles. The van der Waals surface area contributed by atoms with Crippen LogP contribution in [0.4, 0.5) is 0 Å². The van der Waals surface area contributed by atoms with E-state index in [9.17, 15) is 4.79 Å². The molecule has 3 N–H and O–H groups in total. The first-order valence-electron chi connectivity index (χ1n) is 4.83. The topological polar surface area (TPSA) is 69.6 Å². The van der Waals surface area contributed by atoms with E-state index in [-0.39, 0.29) is 5.91 Å². The van der Waals surface area contributed by atoms with Crippen molar-refractivity contribution in [3.05, 3.63) is 29.8 Å². The number of benzene rings is 1. The number of rotatable bonds is 2. The Labute approximate surface area is 90.1 Å². The summed E-state index contributed by atoms with van der Waals surface area (Å²) in [6.45, 7) is 4.00. The maximum Gasteiger partial charge on any atom is 0.488 e. The van der Waals surface area contributed by atoms with Crippen molar-refractivity contribution >= 4 is 18.5 Å². The first-order valence-corrected chi connectivity index (χ1v) is 4.83. The SMILES string of the molecule is CC.CNC(=O)c1ccc(B(O)O)cc1. The van der Waals surface area contributed by atoms with Crippen LogP contribution in [-0.4, -0.2) is 30.1 Å². The molecule has 0 spiro atoms. The van der Waals surface area contributed by atoms with Crippen LogP contribution in [0.3, 0.4) is 0 Å². The minimum absolute atomic E-state index is 0.195. The lowest BCUT2D eigenvalue weighted by Gasteiger charge is -2.01. The van der Waals surface area contributed by atoms with Crippen LogP contribution in [0.1, 0.15) is 24.2 Å². The number of hydrogen-bond acceptors (Lipinski definition) is 3. The van der Waals surface area contributed by atoms with E-state index in [1.54, 1.807) is 0 Å². The van der Waals surface area contributed by atoms with Crippen molar-refractivity contribution in [2.75, 3.05) is 7.05 Å². The molecule has 4 nitrogen and oxygen atoms in total. The molecule has 0 heterocycles. The Kier molecular flexibility index (Phi) is 6.41. The van der Waals surface area contributed by atoms with Crippen molar-refractivity contribution in [2.45, 2.75) is 13.8 Å². The van der Waals surface area contributed by atoms with E-state index >= 15 is 0 Å². The molecule has 0 radical (unpaired) electrons. The molecular formula is C10H16BNO3. The quantitative estimate of drug-likeness (QED) is 0.588. The van der Waals surface area contributed by atoms with Gasteiger partial charge in [0.25, 0.3) is 5.91 Å². The zero-order chi connectivity index (χ0) is 11.8. The van der Waals surface area contributed by atoms with E-state index in [4.69, 9.17) is 10.0 Å². The van der Waals surface area contributed by atoms with Gasteiger partial charge in [-0.05, 0) is 17.6 Å². The Morgan fingerprint density at radius 3 is 2.00 bits per heavy atom. The monoisotopic (exact) mass is 209 g/mol. The molecule has 0 aliphatic rings. The minimum atomic E-state index is -1.49. The van der Waals surface area contributed by atoms with Gasteiger partial charge >= 0.3 is 7.12 Å². The molecule has 0 aromatic heterocycles. The Balaban J connectivity index is 0.000000921. The molecule has 1 amide bonds. The molecule has 15 heavy (non-hydrogen) atoms. The van der Waals surface area contributed by atoms with E-state index < -0.39 is 7.12 Å². The average molecular weight is 209 g/mol. The first-order chi connectivity index (χ1) is 7.15. The number of nitrogens with one attached hydrogen (secondary N) is 1. The first kappa shape index (κ1) is 13.7. The van der Waals surface area contributed by atoms with Gasteiger partial charge in [0.15, 0.2) is 0 Å². The molecule has 0 aliphatic carbocycles. The van der Waals surface area contributed by atoms with Gasteiger partial charge in [0, 0.05) is 12.6 Å². The number of carbonyl (C=O) groups excluding carboxylic acids is 1. The fourth-order valence-corrected chi connectivity index (χ4v) is 0.951. The summed E-state index contributed by atoms with van der Waals surface area (Å²) in [7, 11) is 0.0515. The van der Waals surface area contributed by atoms with Crippen molar-refractivity contribution in [1.82, 2.24) is 5.32 Å². The van der Waals surface area contributed by atoms with Gasteiger partial charge in [-0.3, -0.25) is 4.79 Å². The van der Waals surface area contributed by atoms with Crippen LogP contribution in [0.15, 0.2) is 24.3 Å². The molecule has 82 valence electrons. The highest BCUT2D eigenvalue weighted by atomic mass is 16.4. The smallest absolute Gasteiger partial charge is 0.423 e. The van der Waals surface area contributed by atoms with Crippen LogP contribution in [0.2, 0.25) is 0 Å². The molecule has 0 atom stereocenters. The van der Waals surface area contributed by atoms with Crippen molar-refractivity contribution in [3.8, 4) is 0 Å². The van der Waals surface area contributed by atoms with Crippen LogP contribution >= 0.6 is 0 Å². The summed E-state index contributed by atoms with van der Waals surface area (Å²) in [5.74, 6) is -0.195. The van der Waals surface area contributed by atoms with Gasteiger partial charge in [-0.2, -0.15) is 0 Å². The third-order valence-electron chi connectivity index (χ3n) is 1.70. The third kappa shape index (κ3) is 4.14. The zero-order valence-corrected chi connectivity index (χ0v) is 9.19. The van der Waals surface area contributed by atoms with Crippen LogP contribution < -0.4 is 10.8 Å². The maximum atomic E-state index is 11.1. The summed E-state index contributed by atoms with van der Waals surface area (Å²) in [5, 5.41) is 20.0. The predicted molar refractivity (Wildman–Crippen MR) is 61.0 cm³/mol. The van der Waals surface area contributed by atoms with E-state index in [0.29, 0.717) is 11.0 Å². The van der Waals surface area contributed by atoms with E-state index in [2.05, 4.69) is 5.32 Å². The lowest BCUT2D eigenvalue weighted by Crippen LogP contribution is -2.30. The molecule has 0 unspecified atom stereocenters. The molecule has 0 bridgehead atoms. The van der Waals surface area contributed by atoms with Gasteiger partial charge in [0.1, 0.15) is 0 Å². The summed E-state index contributed by atoms with van der Waals surface area (Å²) in [6, 6.07) is 6.06. The van der Waals surface area contributed by atoms with Gasteiger partial charge in [0.2, 0.25) is 0 Å². The summed E-state index contributed by atoms with van der Waals surface area (Å²) >= 11 is 0. The molecule has 1 rings (SSSR count). The van der Waals surface area contributed by atoms with Gasteiger partial charge in [0.05, 0.1) is 0 Å². The maximum absolute atomic E-state index is 11.1. The number of hydrogen-bond donors (Lipinski definition) is 3. The molecule has 0 aliphatic heterocycles. The van der Waals surface area contributed by atoms with E-state index in [1.165, 1.54) is 31.3 Å². The third-order valence-corrected chi connectivity index (χ3v) is 1.70. The molecule has 1 aromatic rings. The molecule has 5 heteroatoms. The van der Waals surface area contributed by atoms with Crippen LogP contribution in [0, 0.1) is 0 Å². The van der Waals surface area contributed by atoms with Gasteiger partial charge < -0.3 is 15.4 Å². The fourth-order valence-electron chi connectivity index (χ4n) is 0.951. The zero-order valence-electron chi connectivity index (χ0n) is 9.19. The Morgan fingerprint density at radius 1 is 1.20 bits per heavy atom. The molecule has 0 saturated carbocycles. The second-order valence-electron chi connectivity index (χ2n) is 2.57.